The molecule has 2 N–H and O–H groups in total. The van der Waals surface area contributed by atoms with Crippen molar-refractivity contribution in [1.82, 2.24) is 4.31 Å². The molecule has 1 aromatic carbocycles. The van der Waals surface area contributed by atoms with Gasteiger partial charge in [0.05, 0.1) is 9.92 Å². The van der Waals surface area contributed by atoms with Gasteiger partial charge in [-0.15, -0.1) is 0 Å². The molecule has 0 aromatic heterocycles. The van der Waals surface area contributed by atoms with Gasteiger partial charge in [-0.1, -0.05) is 18.5 Å². The van der Waals surface area contributed by atoms with E-state index in [0.717, 1.165) is 31.7 Å². The molecule has 2 rings (SSSR count). The molecular formula is C14H20ClFN2O2S. The van der Waals surface area contributed by atoms with E-state index in [2.05, 4.69) is 0 Å². The van der Waals surface area contributed by atoms with Gasteiger partial charge in [-0.3, -0.25) is 0 Å². The van der Waals surface area contributed by atoms with Crippen LogP contribution in [0.5, 0.6) is 0 Å². The second kappa shape index (κ2) is 6.60. The van der Waals surface area contributed by atoms with Gasteiger partial charge in [0.2, 0.25) is 10.0 Å². The molecule has 0 atom stereocenters. The van der Waals surface area contributed by atoms with Crippen LogP contribution in [-0.2, 0) is 10.0 Å². The minimum Gasteiger partial charge on any atom is -0.328 e. The summed E-state index contributed by atoms with van der Waals surface area (Å²) in [6, 6.07) is 3.61. The fourth-order valence-electron chi connectivity index (χ4n) is 2.79. The molecule has 1 aliphatic rings. The first-order valence-corrected chi connectivity index (χ1v) is 8.90. The SMILES string of the molecule is CCN(C1CCC(N)CC1)S(=O)(=O)c1ccc(F)c(Cl)c1. The van der Waals surface area contributed by atoms with Crippen molar-refractivity contribution in [2.45, 2.75) is 49.6 Å². The summed E-state index contributed by atoms with van der Waals surface area (Å²) in [5.41, 5.74) is 5.87. The van der Waals surface area contributed by atoms with Crippen LogP contribution in [0.4, 0.5) is 4.39 Å². The zero-order valence-electron chi connectivity index (χ0n) is 11.9. The maximum Gasteiger partial charge on any atom is 0.243 e. The van der Waals surface area contributed by atoms with Crippen molar-refractivity contribution in [2.24, 2.45) is 5.73 Å². The highest BCUT2D eigenvalue weighted by Gasteiger charge is 2.32. The van der Waals surface area contributed by atoms with Crippen molar-refractivity contribution in [3.63, 3.8) is 0 Å². The van der Waals surface area contributed by atoms with E-state index in [1.165, 1.54) is 16.4 Å². The Bertz CT molecular complexity index is 601. The van der Waals surface area contributed by atoms with Crippen LogP contribution in [0.2, 0.25) is 5.02 Å². The number of rotatable bonds is 4. The van der Waals surface area contributed by atoms with Crippen LogP contribution in [0.15, 0.2) is 23.1 Å². The van der Waals surface area contributed by atoms with Gasteiger partial charge in [0.25, 0.3) is 0 Å². The van der Waals surface area contributed by atoms with Gasteiger partial charge >= 0.3 is 0 Å². The van der Waals surface area contributed by atoms with Crippen LogP contribution in [0.1, 0.15) is 32.6 Å². The van der Waals surface area contributed by atoms with Gasteiger partial charge < -0.3 is 5.73 Å². The third kappa shape index (κ3) is 3.56. The van der Waals surface area contributed by atoms with Crippen LogP contribution in [-0.4, -0.2) is 31.4 Å². The predicted molar refractivity (Wildman–Crippen MR) is 81.2 cm³/mol. The standard InChI is InChI=1S/C14H20ClFN2O2S/c1-2-18(11-5-3-10(17)4-6-11)21(19,20)12-7-8-14(16)13(15)9-12/h7-11H,2-6,17H2,1H3. The van der Waals surface area contributed by atoms with Crippen LogP contribution in [0.3, 0.4) is 0 Å². The average Bonchev–Trinajstić information content (AvgIpc) is 2.44. The Labute approximate surface area is 130 Å². The summed E-state index contributed by atoms with van der Waals surface area (Å²) in [6.45, 7) is 2.18. The third-order valence-electron chi connectivity index (χ3n) is 3.96. The highest BCUT2D eigenvalue weighted by molar-refractivity contribution is 7.89. The summed E-state index contributed by atoms with van der Waals surface area (Å²) in [7, 11) is -3.67. The summed E-state index contributed by atoms with van der Waals surface area (Å²) in [6.07, 6.45) is 3.15. The molecule has 0 saturated heterocycles. The molecule has 0 spiro atoms. The molecule has 0 aliphatic heterocycles. The molecule has 0 heterocycles. The number of sulfonamides is 1. The highest BCUT2D eigenvalue weighted by atomic mass is 35.5. The smallest absolute Gasteiger partial charge is 0.243 e. The first-order chi connectivity index (χ1) is 9.86. The minimum absolute atomic E-state index is 0.0330. The summed E-state index contributed by atoms with van der Waals surface area (Å²) in [4.78, 5) is 0.0330. The molecule has 118 valence electrons. The van der Waals surface area contributed by atoms with Gasteiger partial charge in [-0.25, -0.2) is 12.8 Å². The predicted octanol–water partition coefficient (Wildman–Crippen LogP) is 2.76. The lowest BCUT2D eigenvalue weighted by molar-refractivity contribution is 0.247. The second-order valence-electron chi connectivity index (χ2n) is 5.35. The van der Waals surface area contributed by atoms with Gasteiger partial charge in [0.1, 0.15) is 5.82 Å². The number of hydrogen-bond donors (Lipinski definition) is 1. The van der Waals surface area contributed by atoms with E-state index in [1.807, 2.05) is 0 Å². The zero-order chi connectivity index (χ0) is 15.6. The van der Waals surface area contributed by atoms with Crippen molar-refractivity contribution in [3.8, 4) is 0 Å². The van der Waals surface area contributed by atoms with Gasteiger partial charge in [0.15, 0.2) is 0 Å². The van der Waals surface area contributed by atoms with E-state index in [1.54, 1.807) is 6.92 Å². The molecule has 4 nitrogen and oxygen atoms in total. The minimum atomic E-state index is -3.67. The largest absolute Gasteiger partial charge is 0.328 e. The molecule has 1 aromatic rings. The molecule has 21 heavy (non-hydrogen) atoms. The first-order valence-electron chi connectivity index (χ1n) is 7.08. The molecule has 0 radical (unpaired) electrons. The molecular weight excluding hydrogens is 315 g/mol. The summed E-state index contributed by atoms with van der Waals surface area (Å²) in [5, 5.41) is -0.183. The Balaban J connectivity index is 2.29. The average molecular weight is 335 g/mol. The van der Waals surface area contributed by atoms with Crippen LogP contribution in [0.25, 0.3) is 0 Å². The van der Waals surface area contributed by atoms with Crippen molar-refractivity contribution in [1.29, 1.82) is 0 Å². The topological polar surface area (TPSA) is 63.4 Å². The Hall–Kier alpha value is -0.690. The molecule has 1 aliphatic carbocycles. The fourth-order valence-corrected chi connectivity index (χ4v) is 4.75. The quantitative estimate of drug-likeness (QED) is 0.920. The lowest BCUT2D eigenvalue weighted by Gasteiger charge is -2.34. The van der Waals surface area contributed by atoms with E-state index in [-0.39, 0.29) is 22.0 Å². The first kappa shape index (κ1) is 16.7. The lowest BCUT2D eigenvalue weighted by atomic mass is 9.92. The van der Waals surface area contributed by atoms with Crippen molar-refractivity contribution in [2.75, 3.05) is 6.54 Å². The molecule has 0 unspecified atom stereocenters. The Morgan fingerprint density at radius 3 is 2.48 bits per heavy atom. The lowest BCUT2D eigenvalue weighted by Crippen LogP contribution is -2.44. The van der Waals surface area contributed by atoms with E-state index in [9.17, 15) is 12.8 Å². The second-order valence-corrected chi connectivity index (χ2v) is 7.65. The molecule has 7 heteroatoms. The number of benzene rings is 1. The van der Waals surface area contributed by atoms with Crippen molar-refractivity contribution < 1.29 is 12.8 Å². The van der Waals surface area contributed by atoms with E-state index in [0.29, 0.717) is 6.54 Å². The monoisotopic (exact) mass is 334 g/mol. The normalized spacial score (nSPS) is 23.5. The van der Waals surface area contributed by atoms with E-state index < -0.39 is 15.8 Å². The number of hydrogen-bond acceptors (Lipinski definition) is 3. The Kier molecular flexibility index (Phi) is 5.24. The number of nitrogens with zero attached hydrogens (tertiary/aromatic N) is 1. The molecule has 0 bridgehead atoms. The van der Waals surface area contributed by atoms with Crippen LogP contribution >= 0.6 is 11.6 Å². The van der Waals surface area contributed by atoms with Crippen molar-refractivity contribution >= 4 is 21.6 Å². The molecule has 0 amide bonds. The summed E-state index contributed by atoms with van der Waals surface area (Å²) < 4.78 is 40.1. The maximum atomic E-state index is 13.2. The molecule has 1 saturated carbocycles. The Morgan fingerprint density at radius 1 is 1.33 bits per heavy atom. The fraction of sp³-hybridized carbons (Fsp3) is 0.571. The van der Waals surface area contributed by atoms with Crippen LogP contribution < -0.4 is 5.73 Å². The summed E-state index contributed by atoms with van der Waals surface area (Å²) in [5.74, 6) is -0.623. The van der Waals surface area contributed by atoms with Gasteiger partial charge in [-0.2, -0.15) is 4.31 Å². The Morgan fingerprint density at radius 2 is 1.95 bits per heavy atom. The maximum absolute atomic E-state index is 13.2. The van der Waals surface area contributed by atoms with E-state index in [4.69, 9.17) is 17.3 Å². The van der Waals surface area contributed by atoms with Crippen molar-refractivity contribution in [3.05, 3.63) is 29.0 Å². The summed E-state index contributed by atoms with van der Waals surface area (Å²) >= 11 is 5.70. The van der Waals surface area contributed by atoms with Gasteiger partial charge in [-0.05, 0) is 43.9 Å². The third-order valence-corrected chi connectivity index (χ3v) is 6.27. The van der Waals surface area contributed by atoms with Crippen LogP contribution in [0, 0.1) is 5.82 Å². The molecule has 1 fully saturated rings. The van der Waals surface area contributed by atoms with Gasteiger partial charge in [0, 0.05) is 18.6 Å². The zero-order valence-corrected chi connectivity index (χ0v) is 13.5. The number of nitrogens with two attached hydrogens (primary N) is 1. The highest BCUT2D eigenvalue weighted by Crippen LogP contribution is 2.28. The van der Waals surface area contributed by atoms with E-state index >= 15 is 0 Å². The number of halogens is 2.